The van der Waals surface area contributed by atoms with Crippen molar-refractivity contribution in [1.29, 1.82) is 0 Å². The lowest BCUT2D eigenvalue weighted by Crippen LogP contribution is -2.29. The third kappa shape index (κ3) is 4.09. The number of methoxy groups -OCH3 is 1. The maximum atomic E-state index is 12.6. The maximum absolute atomic E-state index is 12.6. The third-order valence-corrected chi connectivity index (χ3v) is 5.37. The molecule has 1 heterocycles. The Kier molecular flexibility index (Phi) is 5.43. The van der Waals surface area contributed by atoms with Crippen molar-refractivity contribution in [2.24, 2.45) is 0 Å². The van der Waals surface area contributed by atoms with Gasteiger partial charge < -0.3 is 9.64 Å². The van der Waals surface area contributed by atoms with E-state index in [4.69, 9.17) is 4.74 Å². The van der Waals surface area contributed by atoms with Crippen LogP contribution in [0.1, 0.15) is 35.2 Å². The van der Waals surface area contributed by atoms with Gasteiger partial charge >= 0.3 is 0 Å². The van der Waals surface area contributed by atoms with E-state index in [2.05, 4.69) is 29.2 Å². The van der Waals surface area contributed by atoms with Gasteiger partial charge in [-0.25, -0.2) is 0 Å². The molecule has 0 atom stereocenters. The fourth-order valence-corrected chi connectivity index (χ4v) is 3.72. The summed E-state index contributed by atoms with van der Waals surface area (Å²) in [6, 6.07) is 20.1. The molecule has 1 aliphatic rings. The van der Waals surface area contributed by atoms with Gasteiger partial charge in [0, 0.05) is 24.3 Å². The molecule has 0 aliphatic carbocycles. The Morgan fingerprint density at radius 2 is 1.61 bits per heavy atom. The van der Waals surface area contributed by atoms with Gasteiger partial charge in [-0.2, -0.15) is 0 Å². The van der Waals surface area contributed by atoms with E-state index in [0.29, 0.717) is 5.56 Å². The topological polar surface area (TPSA) is 29.5 Å². The molecule has 1 fully saturated rings. The predicted molar refractivity (Wildman–Crippen MR) is 116 cm³/mol. The standard InChI is InChI=1S/C25H25NO2/c1-28-24-13-10-20-17-22(9-8-21(20)18-24)25(27)14-7-19-5-11-23(12-6-19)26-15-3-2-4-16-26/h5-14,17-18H,2-4,15-16H2,1H3/b14-7+. The number of hydrogen-bond donors (Lipinski definition) is 0. The van der Waals surface area contributed by atoms with Crippen molar-refractivity contribution >= 4 is 28.3 Å². The summed E-state index contributed by atoms with van der Waals surface area (Å²) in [6.07, 6.45) is 7.42. The van der Waals surface area contributed by atoms with Gasteiger partial charge in [0.15, 0.2) is 5.78 Å². The van der Waals surface area contributed by atoms with Crippen molar-refractivity contribution in [2.45, 2.75) is 19.3 Å². The Hall–Kier alpha value is -3.07. The Bertz CT molecular complexity index is 999. The molecule has 0 spiro atoms. The minimum atomic E-state index is 0.0119. The summed E-state index contributed by atoms with van der Waals surface area (Å²) in [5, 5.41) is 2.10. The van der Waals surface area contributed by atoms with E-state index in [0.717, 1.165) is 35.2 Å². The summed E-state index contributed by atoms with van der Waals surface area (Å²) in [5.41, 5.74) is 3.01. The molecule has 4 rings (SSSR count). The van der Waals surface area contributed by atoms with Crippen molar-refractivity contribution in [1.82, 2.24) is 0 Å². The zero-order valence-corrected chi connectivity index (χ0v) is 16.2. The zero-order valence-electron chi connectivity index (χ0n) is 16.2. The molecule has 0 bridgehead atoms. The number of ether oxygens (including phenoxy) is 1. The highest BCUT2D eigenvalue weighted by molar-refractivity contribution is 6.08. The van der Waals surface area contributed by atoms with E-state index in [1.807, 2.05) is 42.5 Å². The van der Waals surface area contributed by atoms with Gasteiger partial charge in [0.1, 0.15) is 5.75 Å². The first-order valence-corrected chi connectivity index (χ1v) is 9.88. The summed E-state index contributed by atoms with van der Waals surface area (Å²) in [7, 11) is 1.66. The van der Waals surface area contributed by atoms with E-state index in [-0.39, 0.29) is 5.78 Å². The van der Waals surface area contributed by atoms with Gasteiger partial charge in [0.05, 0.1) is 7.11 Å². The van der Waals surface area contributed by atoms with Gasteiger partial charge in [0.2, 0.25) is 0 Å². The van der Waals surface area contributed by atoms with Crippen LogP contribution in [0.5, 0.6) is 5.75 Å². The number of anilines is 1. The molecule has 142 valence electrons. The van der Waals surface area contributed by atoms with Gasteiger partial charge in [-0.1, -0.05) is 36.4 Å². The highest BCUT2D eigenvalue weighted by atomic mass is 16.5. The minimum absolute atomic E-state index is 0.0119. The van der Waals surface area contributed by atoms with Crippen molar-refractivity contribution in [3.05, 3.63) is 77.9 Å². The fourth-order valence-electron chi connectivity index (χ4n) is 3.72. The second kappa shape index (κ2) is 8.30. The van der Waals surface area contributed by atoms with Crippen LogP contribution < -0.4 is 9.64 Å². The molecule has 3 aromatic rings. The molecule has 3 nitrogen and oxygen atoms in total. The van der Waals surface area contributed by atoms with Crippen LogP contribution in [0.4, 0.5) is 5.69 Å². The van der Waals surface area contributed by atoms with E-state index < -0.39 is 0 Å². The third-order valence-electron chi connectivity index (χ3n) is 5.37. The highest BCUT2D eigenvalue weighted by Crippen LogP contribution is 2.23. The summed E-state index contributed by atoms with van der Waals surface area (Å²) >= 11 is 0. The van der Waals surface area contributed by atoms with Crippen LogP contribution in [-0.4, -0.2) is 26.0 Å². The maximum Gasteiger partial charge on any atom is 0.185 e. The van der Waals surface area contributed by atoms with Gasteiger partial charge in [-0.05, 0) is 72.0 Å². The second-order valence-electron chi connectivity index (χ2n) is 7.26. The molecule has 0 amide bonds. The number of fused-ring (bicyclic) bond motifs is 1. The summed E-state index contributed by atoms with van der Waals surface area (Å²) in [6.45, 7) is 2.28. The largest absolute Gasteiger partial charge is 0.497 e. The average molecular weight is 371 g/mol. The average Bonchev–Trinajstić information content (AvgIpc) is 2.77. The molecule has 1 aliphatic heterocycles. The van der Waals surface area contributed by atoms with E-state index in [1.54, 1.807) is 13.2 Å². The molecule has 1 saturated heterocycles. The zero-order chi connectivity index (χ0) is 19.3. The monoisotopic (exact) mass is 371 g/mol. The lowest BCUT2D eigenvalue weighted by molar-refractivity contribution is 0.104. The van der Waals surface area contributed by atoms with E-state index in [9.17, 15) is 4.79 Å². The number of allylic oxidation sites excluding steroid dienone is 1. The molecule has 0 radical (unpaired) electrons. The Morgan fingerprint density at radius 1 is 0.893 bits per heavy atom. The number of hydrogen-bond acceptors (Lipinski definition) is 3. The lowest BCUT2D eigenvalue weighted by atomic mass is 10.0. The fraction of sp³-hybridized carbons (Fsp3) is 0.240. The van der Waals surface area contributed by atoms with Crippen LogP contribution in [0, 0.1) is 0 Å². The molecule has 28 heavy (non-hydrogen) atoms. The second-order valence-corrected chi connectivity index (χ2v) is 7.26. The van der Waals surface area contributed by atoms with Crippen LogP contribution in [0.3, 0.4) is 0 Å². The van der Waals surface area contributed by atoms with Crippen molar-refractivity contribution in [3.63, 3.8) is 0 Å². The first-order chi connectivity index (χ1) is 13.7. The number of carbonyl (C=O) groups is 1. The SMILES string of the molecule is COc1ccc2cc(C(=O)/C=C/c3ccc(N4CCCCC4)cc3)ccc2c1. The molecular formula is C25H25NO2. The van der Waals surface area contributed by atoms with Crippen LogP contribution in [-0.2, 0) is 0 Å². The minimum Gasteiger partial charge on any atom is -0.497 e. The number of piperidine rings is 1. The molecule has 0 aromatic heterocycles. The van der Waals surface area contributed by atoms with E-state index >= 15 is 0 Å². The van der Waals surface area contributed by atoms with Crippen LogP contribution in [0.25, 0.3) is 16.8 Å². The van der Waals surface area contributed by atoms with Gasteiger partial charge in [-0.15, -0.1) is 0 Å². The summed E-state index contributed by atoms with van der Waals surface area (Å²) in [5.74, 6) is 0.831. The number of benzene rings is 3. The molecule has 0 N–H and O–H groups in total. The van der Waals surface area contributed by atoms with Crippen molar-refractivity contribution in [2.75, 3.05) is 25.1 Å². The van der Waals surface area contributed by atoms with Crippen LogP contribution in [0.2, 0.25) is 0 Å². The molecule has 0 saturated carbocycles. The molecule has 3 aromatic carbocycles. The Morgan fingerprint density at radius 3 is 2.36 bits per heavy atom. The molecular weight excluding hydrogens is 346 g/mol. The number of rotatable bonds is 5. The number of carbonyl (C=O) groups excluding carboxylic acids is 1. The molecule has 3 heteroatoms. The van der Waals surface area contributed by atoms with Crippen LogP contribution in [0.15, 0.2) is 66.7 Å². The predicted octanol–water partition coefficient (Wildman–Crippen LogP) is 5.73. The number of ketones is 1. The quantitative estimate of drug-likeness (QED) is 0.423. The first-order valence-electron chi connectivity index (χ1n) is 9.88. The first kappa shape index (κ1) is 18.3. The van der Waals surface area contributed by atoms with Crippen molar-refractivity contribution < 1.29 is 9.53 Å². The number of nitrogens with zero attached hydrogens (tertiary/aromatic N) is 1. The van der Waals surface area contributed by atoms with Crippen molar-refractivity contribution in [3.8, 4) is 5.75 Å². The van der Waals surface area contributed by atoms with Gasteiger partial charge in [0.25, 0.3) is 0 Å². The molecule has 0 unspecified atom stereocenters. The Balaban J connectivity index is 1.46. The highest BCUT2D eigenvalue weighted by Gasteiger charge is 2.10. The lowest BCUT2D eigenvalue weighted by Gasteiger charge is -2.28. The Labute approximate surface area is 166 Å². The summed E-state index contributed by atoms with van der Waals surface area (Å²) < 4.78 is 5.25. The van der Waals surface area contributed by atoms with E-state index in [1.165, 1.54) is 24.9 Å². The normalized spacial score (nSPS) is 14.5. The van der Waals surface area contributed by atoms with Crippen LogP contribution >= 0.6 is 0 Å². The summed E-state index contributed by atoms with van der Waals surface area (Å²) in [4.78, 5) is 15.0. The smallest absolute Gasteiger partial charge is 0.185 e. The van der Waals surface area contributed by atoms with Gasteiger partial charge in [-0.3, -0.25) is 4.79 Å².